The van der Waals surface area contributed by atoms with Crippen molar-refractivity contribution in [2.24, 2.45) is 0 Å². The number of H-pyrrole nitrogens is 1. The van der Waals surface area contributed by atoms with Crippen LogP contribution in [0, 0.1) is 0 Å². The van der Waals surface area contributed by atoms with Gasteiger partial charge in [-0.25, -0.2) is 14.2 Å². The lowest BCUT2D eigenvalue weighted by molar-refractivity contribution is -0.0505. The van der Waals surface area contributed by atoms with Crippen molar-refractivity contribution in [3.8, 4) is 0 Å². The smallest absolute Gasteiger partial charge is 0.337 e. The number of hydrogen-bond donors (Lipinski definition) is 4. The molecule has 12 heteroatoms. The van der Waals surface area contributed by atoms with Crippen LogP contribution in [0.3, 0.4) is 0 Å². The van der Waals surface area contributed by atoms with Crippen LogP contribution in [0.2, 0.25) is 0 Å². The third kappa shape index (κ3) is 3.60. The minimum absolute atomic E-state index is 0.0574. The standard InChI is InChI=1S/C19H21N5O7/c1-30-17(28)10-4-2-3-9(5-10)7-23-13-14(21-18(20)22-15(13)27)24(19(23)29)16-12(26)6-11(8-25)31-16/h2-5,11-12,16,25-26H,6-8H2,1H3,(H3,20,21,22,27)/t11-,12+,16+/m0/s1. The third-order valence-electron chi connectivity index (χ3n) is 5.14. The van der Waals surface area contributed by atoms with Crippen LogP contribution in [0.25, 0.3) is 11.2 Å². The minimum Gasteiger partial charge on any atom is -0.465 e. The van der Waals surface area contributed by atoms with Crippen molar-refractivity contribution in [1.82, 2.24) is 19.1 Å². The Hall–Kier alpha value is -3.48. The molecule has 0 radical (unpaired) electrons. The largest absolute Gasteiger partial charge is 0.465 e. The number of benzene rings is 1. The van der Waals surface area contributed by atoms with E-state index in [1.807, 2.05) is 0 Å². The van der Waals surface area contributed by atoms with Crippen LogP contribution in [-0.2, 0) is 16.0 Å². The number of rotatable bonds is 5. The van der Waals surface area contributed by atoms with E-state index in [9.17, 15) is 24.6 Å². The number of hydrogen-bond acceptors (Lipinski definition) is 9. The van der Waals surface area contributed by atoms with Crippen molar-refractivity contribution in [2.75, 3.05) is 19.5 Å². The zero-order chi connectivity index (χ0) is 22.3. The van der Waals surface area contributed by atoms with Gasteiger partial charge in [0, 0.05) is 6.42 Å². The number of nitrogen functional groups attached to an aromatic ring is 1. The number of fused-ring (bicyclic) bond motifs is 1. The van der Waals surface area contributed by atoms with Gasteiger partial charge in [0.1, 0.15) is 6.10 Å². The number of aromatic nitrogens is 4. The van der Waals surface area contributed by atoms with E-state index in [2.05, 4.69) is 9.97 Å². The number of aliphatic hydroxyl groups excluding tert-OH is 2. The van der Waals surface area contributed by atoms with Gasteiger partial charge in [0.25, 0.3) is 5.56 Å². The first-order chi connectivity index (χ1) is 14.8. The Morgan fingerprint density at radius 3 is 2.87 bits per heavy atom. The normalized spacial score (nSPS) is 20.9. The number of nitrogens with one attached hydrogen (secondary N) is 1. The molecule has 31 heavy (non-hydrogen) atoms. The van der Waals surface area contributed by atoms with Crippen molar-refractivity contribution in [3.05, 3.63) is 56.2 Å². The summed E-state index contributed by atoms with van der Waals surface area (Å²) in [6, 6.07) is 6.42. The molecule has 4 rings (SSSR count). The van der Waals surface area contributed by atoms with E-state index < -0.39 is 35.7 Å². The van der Waals surface area contributed by atoms with E-state index in [1.165, 1.54) is 11.7 Å². The van der Waals surface area contributed by atoms with Crippen molar-refractivity contribution in [3.63, 3.8) is 0 Å². The maximum Gasteiger partial charge on any atom is 0.337 e. The molecular formula is C19H21N5O7. The summed E-state index contributed by atoms with van der Waals surface area (Å²) >= 11 is 0. The molecular weight excluding hydrogens is 410 g/mol. The van der Waals surface area contributed by atoms with E-state index >= 15 is 0 Å². The Kier molecular flexibility index (Phi) is 5.35. The average Bonchev–Trinajstić information content (AvgIpc) is 3.24. The molecule has 1 fully saturated rings. The van der Waals surface area contributed by atoms with E-state index in [1.54, 1.807) is 24.3 Å². The van der Waals surface area contributed by atoms with Crippen molar-refractivity contribution in [1.29, 1.82) is 0 Å². The predicted octanol–water partition coefficient (Wildman–Crippen LogP) is -1.06. The fraction of sp³-hybridized carbons (Fsp3) is 0.368. The molecule has 1 saturated heterocycles. The summed E-state index contributed by atoms with van der Waals surface area (Å²) in [7, 11) is 1.26. The van der Waals surface area contributed by atoms with Crippen molar-refractivity contribution in [2.45, 2.75) is 31.4 Å². The summed E-state index contributed by atoms with van der Waals surface area (Å²) in [5.74, 6) is -0.747. The molecule has 5 N–H and O–H groups in total. The number of aromatic amines is 1. The summed E-state index contributed by atoms with van der Waals surface area (Å²) in [5.41, 5.74) is 5.09. The maximum absolute atomic E-state index is 13.3. The summed E-state index contributed by atoms with van der Waals surface area (Å²) in [4.78, 5) is 44.2. The summed E-state index contributed by atoms with van der Waals surface area (Å²) in [5, 5.41) is 19.7. The number of anilines is 1. The van der Waals surface area contributed by atoms with Gasteiger partial charge in [-0.3, -0.25) is 14.3 Å². The molecule has 0 unspecified atom stereocenters. The molecule has 3 heterocycles. The molecule has 1 aliphatic heterocycles. The van der Waals surface area contributed by atoms with Crippen LogP contribution in [0.5, 0.6) is 0 Å². The SMILES string of the molecule is COC(=O)c1cccc(Cn2c(=O)n([C@@H]3O[C@H](CO)C[C@H]3O)c3nc(N)[nH]c(=O)c32)c1. The number of nitrogens with zero attached hydrogens (tertiary/aromatic N) is 3. The number of ether oxygens (including phenoxy) is 2. The van der Waals surface area contributed by atoms with Gasteiger partial charge in [0.2, 0.25) is 5.95 Å². The fourth-order valence-electron chi connectivity index (χ4n) is 3.75. The Balaban J connectivity index is 1.87. The number of methoxy groups -OCH3 is 1. The molecule has 1 aromatic carbocycles. The second kappa shape index (κ2) is 7.98. The molecule has 0 saturated carbocycles. The average molecular weight is 431 g/mol. The van der Waals surface area contributed by atoms with Crippen LogP contribution >= 0.6 is 0 Å². The van der Waals surface area contributed by atoms with Gasteiger partial charge in [-0.1, -0.05) is 12.1 Å². The molecule has 2 aromatic heterocycles. The van der Waals surface area contributed by atoms with Gasteiger partial charge in [-0.05, 0) is 17.7 Å². The van der Waals surface area contributed by atoms with Gasteiger partial charge in [0.05, 0.1) is 31.9 Å². The number of carbonyl (C=O) groups is 1. The Morgan fingerprint density at radius 2 is 2.19 bits per heavy atom. The Labute approximate surface area is 174 Å². The van der Waals surface area contributed by atoms with E-state index in [-0.39, 0.29) is 42.2 Å². The second-order valence-electron chi connectivity index (χ2n) is 7.19. The van der Waals surface area contributed by atoms with Crippen molar-refractivity contribution >= 4 is 23.1 Å². The first-order valence-electron chi connectivity index (χ1n) is 9.46. The summed E-state index contributed by atoms with van der Waals surface area (Å²) in [6.07, 6.45) is -2.80. The molecule has 0 spiro atoms. The second-order valence-corrected chi connectivity index (χ2v) is 7.19. The number of esters is 1. The predicted molar refractivity (Wildman–Crippen MR) is 108 cm³/mol. The lowest BCUT2D eigenvalue weighted by Crippen LogP contribution is -2.32. The maximum atomic E-state index is 13.3. The summed E-state index contributed by atoms with van der Waals surface area (Å²) < 4.78 is 12.5. The lowest BCUT2D eigenvalue weighted by Gasteiger charge is -2.15. The first-order valence-corrected chi connectivity index (χ1v) is 9.46. The van der Waals surface area contributed by atoms with Crippen LogP contribution in [-0.4, -0.2) is 61.2 Å². The van der Waals surface area contributed by atoms with Crippen LogP contribution in [0.4, 0.5) is 5.95 Å². The van der Waals surface area contributed by atoms with Crippen molar-refractivity contribution < 1.29 is 24.5 Å². The highest BCUT2D eigenvalue weighted by molar-refractivity contribution is 5.89. The highest BCUT2D eigenvalue weighted by Crippen LogP contribution is 2.29. The minimum atomic E-state index is -1.15. The quantitative estimate of drug-likeness (QED) is 0.367. The van der Waals surface area contributed by atoms with Crippen LogP contribution in [0.1, 0.15) is 28.6 Å². The van der Waals surface area contributed by atoms with Gasteiger partial charge in [-0.2, -0.15) is 4.98 Å². The van der Waals surface area contributed by atoms with Gasteiger partial charge in [0.15, 0.2) is 17.4 Å². The highest BCUT2D eigenvalue weighted by Gasteiger charge is 2.38. The fourth-order valence-corrected chi connectivity index (χ4v) is 3.75. The van der Waals surface area contributed by atoms with Gasteiger partial charge >= 0.3 is 11.7 Å². The monoisotopic (exact) mass is 431 g/mol. The molecule has 12 nitrogen and oxygen atoms in total. The number of imidazole rings is 1. The molecule has 0 aliphatic carbocycles. The molecule has 0 bridgehead atoms. The first kappa shape index (κ1) is 20.8. The highest BCUT2D eigenvalue weighted by atomic mass is 16.5. The molecule has 0 amide bonds. The molecule has 1 aliphatic rings. The molecule has 3 atom stereocenters. The van der Waals surface area contributed by atoms with E-state index in [0.29, 0.717) is 5.56 Å². The van der Waals surface area contributed by atoms with E-state index in [4.69, 9.17) is 15.2 Å². The lowest BCUT2D eigenvalue weighted by atomic mass is 10.1. The Morgan fingerprint density at radius 1 is 1.42 bits per heavy atom. The summed E-state index contributed by atoms with van der Waals surface area (Å²) in [6.45, 7) is -0.397. The number of nitrogens with two attached hydrogens (primary N) is 1. The number of aliphatic hydroxyl groups is 2. The number of carbonyl (C=O) groups excluding carboxylic acids is 1. The zero-order valence-corrected chi connectivity index (χ0v) is 16.5. The molecule has 3 aromatic rings. The topological polar surface area (TPSA) is 175 Å². The Bertz CT molecular complexity index is 1260. The third-order valence-corrected chi connectivity index (χ3v) is 5.14. The van der Waals surface area contributed by atoms with Gasteiger partial charge < -0.3 is 25.4 Å². The zero-order valence-electron chi connectivity index (χ0n) is 16.5. The van der Waals surface area contributed by atoms with Crippen LogP contribution in [0.15, 0.2) is 33.9 Å². The molecule has 164 valence electrons. The van der Waals surface area contributed by atoms with Gasteiger partial charge in [-0.15, -0.1) is 0 Å². The van der Waals surface area contributed by atoms with Crippen LogP contribution < -0.4 is 17.0 Å². The van der Waals surface area contributed by atoms with E-state index in [0.717, 1.165) is 4.57 Å².